The molecular formula is C8H15ClN6O. The lowest BCUT2D eigenvalue weighted by atomic mass is 10.4. The van der Waals surface area contributed by atoms with Crippen molar-refractivity contribution in [3.05, 3.63) is 6.33 Å². The van der Waals surface area contributed by atoms with Crippen molar-refractivity contribution in [2.24, 2.45) is 0 Å². The predicted octanol–water partition coefficient (Wildman–Crippen LogP) is -1.08. The maximum atomic E-state index is 11.8. The zero-order valence-corrected chi connectivity index (χ0v) is 9.69. The van der Waals surface area contributed by atoms with Gasteiger partial charge in [-0.2, -0.15) is 0 Å². The largest absolute Gasteiger partial charge is 0.340 e. The van der Waals surface area contributed by atoms with Crippen LogP contribution in [0, 0.1) is 0 Å². The van der Waals surface area contributed by atoms with Crippen molar-refractivity contribution in [3.8, 4) is 0 Å². The zero-order valence-electron chi connectivity index (χ0n) is 8.87. The van der Waals surface area contributed by atoms with E-state index in [2.05, 4.69) is 20.8 Å². The van der Waals surface area contributed by atoms with Crippen molar-refractivity contribution in [1.82, 2.24) is 30.4 Å². The van der Waals surface area contributed by atoms with E-state index in [9.17, 15) is 4.79 Å². The lowest BCUT2D eigenvalue weighted by Crippen LogP contribution is -2.36. The average Bonchev–Trinajstić information content (AvgIpc) is 2.58. The molecule has 0 radical (unpaired) electrons. The van der Waals surface area contributed by atoms with E-state index in [1.54, 1.807) is 0 Å². The first-order valence-corrected chi connectivity index (χ1v) is 5.05. The first-order valence-electron chi connectivity index (χ1n) is 5.05. The van der Waals surface area contributed by atoms with Gasteiger partial charge in [0.2, 0.25) is 5.91 Å². The number of carbonyl (C=O) groups is 1. The Labute approximate surface area is 99.6 Å². The molecular weight excluding hydrogens is 232 g/mol. The van der Waals surface area contributed by atoms with E-state index in [-0.39, 0.29) is 24.9 Å². The fraction of sp³-hybridized carbons (Fsp3) is 0.750. The number of amides is 1. The van der Waals surface area contributed by atoms with Gasteiger partial charge in [-0.05, 0) is 23.4 Å². The minimum absolute atomic E-state index is 0. The summed E-state index contributed by atoms with van der Waals surface area (Å²) in [5.74, 6) is 0.0750. The molecule has 0 spiro atoms. The number of tetrazole rings is 1. The van der Waals surface area contributed by atoms with Crippen molar-refractivity contribution in [2.45, 2.75) is 13.0 Å². The van der Waals surface area contributed by atoms with E-state index >= 15 is 0 Å². The third-order valence-electron chi connectivity index (χ3n) is 2.38. The summed E-state index contributed by atoms with van der Waals surface area (Å²) in [6, 6.07) is 0. The molecule has 1 amide bonds. The van der Waals surface area contributed by atoms with Crippen LogP contribution in [0.1, 0.15) is 6.42 Å². The maximum absolute atomic E-state index is 11.8. The third kappa shape index (κ3) is 3.42. The maximum Gasteiger partial charge on any atom is 0.244 e. The number of nitrogens with zero attached hydrogens (tertiary/aromatic N) is 5. The summed E-state index contributed by atoms with van der Waals surface area (Å²) in [6.07, 6.45) is 2.45. The number of rotatable bonds is 2. The molecule has 1 saturated heterocycles. The van der Waals surface area contributed by atoms with E-state index in [0.29, 0.717) is 0 Å². The molecule has 0 aromatic carbocycles. The van der Waals surface area contributed by atoms with E-state index in [1.165, 1.54) is 11.0 Å². The molecule has 0 bridgehead atoms. The Morgan fingerprint density at radius 2 is 2.25 bits per heavy atom. The minimum Gasteiger partial charge on any atom is -0.340 e. The number of aromatic nitrogens is 4. The van der Waals surface area contributed by atoms with Gasteiger partial charge in [0.15, 0.2) is 0 Å². The third-order valence-corrected chi connectivity index (χ3v) is 2.38. The van der Waals surface area contributed by atoms with Gasteiger partial charge in [0.05, 0.1) is 0 Å². The lowest BCUT2D eigenvalue weighted by molar-refractivity contribution is -0.131. The summed E-state index contributed by atoms with van der Waals surface area (Å²) in [5.41, 5.74) is 0. The van der Waals surface area contributed by atoms with E-state index in [4.69, 9.17) is 0 Å². The molecule has 1 aliphatic rings. The van der Waals surface area contributed by atoms with Gasteiger partial charge in [0, 0.05) is 19.6 Å². The molecule has 16 heavy (non-hydrogen) atoms. The van der Waals surface area contributed by atoms with Crippen molar-refractivity contribution < 1.29 is 4.79 Å². The number of nitrogens with one attached hydrogen (secondary N) is 1. The summed E-state index contributed by atoms with van der Waals surface area (Å²) in [4.78, 5) is 13.6. The minimum atomic E-state index is 0. The number of halogens is 1. The first kappa shape index (κ1) is 12.9. The fourth-order valence-electron chi connectivity index (χ4n) is 1.59. The van der Waals surface area contributed by atoms with E-state index in [1.807, 2.05) is 4.90 Å². The number of hydrogen-bond acceptors (Lipinski definition) is 5. The van der Waals surface area contributed by atoms with E-state index < -0.39 is 0 Å². The first-order chi connectivity index (χ1) is 7.36. The van der Waals surface area contributed by atoms with Crippen LogP contribution in [-0.4, -0.2) is 57.2 Å². The zero-order chi connectivity index (χ0) is 10.5. The molecule has 0 saturated carbocycles. The fourth-order valence-corrected chi connectivity index (χ4v) is 1.59. The number of hydrogen-bond donors (Lipinski definition) is 1. The van der Waals surface area contributed by atoms with Gasteiger partial charge in [-0.3, -0.25) is 4.79 Å². The normalized spacial score (nSPS) is 16.4. The van der Waals surface area contributed by atoms with Crippen LogP contribution in [0.25, 0.3) is 0 Å². The molecule has 2 heterocycles. The highest BCUT2D eigenvalue weighted by Crippen LogP contribution is 1.97. The second kappa shape index (κ2) is 6.39. The van der Waals surface area contributed by atoms with Gasteiger partial charge >= 0.3 is 0 Å². The summed E-state index contributed by atoms with van der Waals surface area (Å²) >= 11 is 0. The Kier molecular flexibility index (Phi) is 5.13. The van der Waals surface area contributed by atoms with Crippen molar-refractivity contribution in [1.29, 1.82) is 0 Å². The molecule has 1 fully saturated rings. The summed E-state index contributed by atoms with van der Waals surface area (Å²) < 4.78 is 1.45. The van der Waals surface area contributed by atoms with Crippen molar-refractivity contribution in [2.75, 3.05) is 26.2 Å². The van der Waals surface area contributed by atoms with Crippen LogP contribution in [0.4, 0.5) is 0 Å². The Bertz CT molecular complexity index is 308. The highest BCUT2D eigenvalue weighted by molar-refractivity contribution is 5.85. The van der Waals surface area contributed by atoms with Crippen LogP contribution >= 0.6 is 12.4 Å². The molecule has 1 aromatic rings. The highest BCUT2D eigenvalue weighted by atomic mass is 35.5. The molecule has 1 N–H and O–H groups in total. The molecule has 8 heteroatoms. The Morgan fingerprint density at radius 1 is 1.38 bits per heavy atom. The SMILES string of the molecule is Cl.O=C(Cn1cnnn1)N1CCCNCC1. The Hall–Kier alpha value is -1.21. The summed E-state index contributed by atoms with van der Waals surface area (Å²) in [5, 5.41) is 13.9. The van der Waals surface area contributed by atoms with Crippen LogP contribution in [0.5, 0.6) is 0 Å². The quantitative estimate of drug-likeness (QED) is 0.718. The Balaban J connectivity index is 0.00000128. The van der Waals surface area contributed by atoms with Crippen molar-refractivity contribution in [3.63, 3.8) is 0 Å². The second-order valence-corrected chi connectivity index (χ2v) is 3.49. The molecule has 7 nitrogen and oxygen atoms in total. The molecule has 0 atom stereocenters. The van der Waals surface area contributed by atoms with Crippen LogP contribution in [0.15, 0.2) is 6.33 Å². The van der Waals surface area contributed by atoms with Gasteiger partial charge in [-0.1, -0.05) is 0 Å². The van der Waals surface area contributed by atoms with Crippen LogP contribution in [0.3, 0.4) is 0 Å². The van der Waals surface area contributed by atoms with Gasteiger partial charge in [0.1, 0.15) is 12.9 Å². The topological polar surface area (TPSA) is 75.9 Å². The molecule has 0 aliphatic carbocycles. The molecule has 0 unspecified atom stereocenters. The average molecular weight is 247 g/mol. The van der Waals surface area contributed by atoms with Crippen LogP contribution in [-0.2, 0) is 11.3 Å². The van der Waals surface area contributed by atoms with Crippen LogP contribution < -0.4 is 5.32 Å². The standard InChI is InChI=1S/C8H14N6O.ClH/c15-8(6-14-7-10-11-12-14)13-4-1-2-9-3-5-13;/h7,9H,1-6H2;1H. The summed E-state index contributed by atoms with van der Waals surface area (Å²) in [7, 11) is 0. The van der Waals surface area contributed by atoms with Gasteiger partial charge in [-0.15, -0.1) is 17.5 Å². The van der Waals surface area contributed by atoms with Gasteiger partial charge < -0.3 is 10.2 Å². The molecule has 1 aliphatic heterocycles. The molecule has 2 rings (SSSR count). The van der Waals surface area contributed by atoms with Gasteiger partial charge in [0.25, 0.3) is 0 Å². The lowest BCUT2D eigenvalue weighted by Gasteiger charge is -2.19. The van der Waals surface area contributed by atoms with Crippen molar-refractivity contribution >= 4 is 18.3 Å². The monoisotopic (exact) mass is 246 g/mol. The van der Waals surface area contributed by atoms with E-state index in [0.717, 1.165) is 32.6 Å². The smallest absolute Gasteiger partial charge is 0.244 e. The highest BCUT2D eigenvalue weighted by Gasteiger charge is 2.15. The molecule has 90 valence electrons. The second-order valence-electron chi connectivity index (χ2n) is 3.49. The molecule has 1 aromatic heterocycles. The summed E-state index contributed by atoms with van der Waals surface area (Å²) in [6.45, 7) is 3.65. The Morgan fingerprint density at radius 3 is 3.00 bits per heavy atom. The number of carbonyl (C=O) groups excluding carboxylic acids is 1. The van der Waals surface area contributed by atoms with Gasteiger partial charge in [-0.25, -0.2) is 4.68 Å². The predicted molar refractivity (Wildman–Crippen MR) is 59.1 cm³/mol. The van der Waals surface area contributed by atoms with Crippen LogP contribution in [0.2, 0.25) is 0 Å².